The lowest BCUT2D eigenvalue weighted by atomic mass is 10.0. The predicted octanol–water partition coefficient (Wildman–Crippen LogP) is 4.15. The van der Waals surface area contributed by atoms with Crippen LogP contribution >= 0.6 is 0 Å². The number of allylic oxidation sites excluding steroid dienone is 2. The molecule has 4 nitrogen and oxygen atoms in total. The Kier molecular flexibility index (Phi) is 5.55. The van der Waals surface area contributed by atoms with Crippen molar-refractivity contribution in [1.29, 1.82) is 0 Å². The molecule has 1 aromatic carbocycles. The van der Waals surface area contributed by atoms with Crippen molar-refractivity contribution in [3.63, 3.8) is 0 Å². The van der Waals surface area contributed by atoms with Crippen molar-refractivity contribution in [2.24, 2.45) is 5.92 Å². The van der Waals surface area contributed by atoms with Gasteiger partial charge in [-0.2, -0.15) is 13.2 Å². The molecule has 3 rings (SSSR count). The Morgan fingerprint density at radius 2 is 2.04 bits per heavy atom. The van der Waals surface area contributed by atoms with E-state index in [4.69, 9.17) is 4.74 Å². The molecule has 1 N–H and O–H groups in total. The molecule has 142 valence electrons. The summed E-state index contributed by atoms with van der Waals surface area (Å²) < 4.78 is 46.4. The summed E-state index contributed by atoms with van der Waals surface area (Å²) in [5, 5.41) is 2.66. The number of hydrogen-bond acceptors (Lipinski definition) is 3. The minimum atomic E-state index is -4.49. The standard InChI is InChI=1S/C19H23F3N2O2/c1-13-15(23-17(25)12-14-4-2-3-5-14)6-7-16(18(13)19(20,21)22)24-8-10-26-11-9-24/h2,4,6-7,14H,3,5,8-12H2,1H3,(H,23,25). The van der Waals surface area contributed by atoms with Crippen LogP contribution in [0.3, 0.4) is 0 Å². The van der Waals surface area contributed by atoms with Crippen LogP contribution in [0.25, 0.3) is 0 Å². The van der Waals surface area contributed by atoms with Gasteiger partial charge in [0.25, 0.3) is 0 Å². The Hall–Kier alpha value is -2.02. The minimum Gasteiger partial charge on any atom is -0.378 e. The number of anilines is 2. The van der Waals surface area contributed by atoms with Crippen LogP contribution in [0.2, 0.25) is 0 Å². The number of ether oxygens (including phenoxy) is 1. The van der Waals surface area contributed by atoms with E-state index < -0.39 is 11.7 Å². The van der Waals surface area contributed by atoms with E-state index in [0.717, 1.165) is 12.8 Å². The number of carbonyl (C=O) groups excluding carboxylic acids is 1. The molecule has 0 aromatic heterocycles. The molecule has 1 fully saturated rings. The third-order valence-electron chi connectivity index (χ3n) is 4.91. The summed E-state index contributed by atoms with van der Waals surface area (Å²) in [7, 11) is 0. The summed E-state index contributed by atoms with van der Waals surface area (Å²) in [6, 6.07) is 3.02. The van der Waals surface area contributed by atoms with E-state index in [1.807, 2.05) is 12.2 Å². The normalized spacial score (nSPS) is 20.5. The number of nitrogens with one attached hydrogen (secondary N) is 1. The fourth-order valence-electron chi connectivity index (χ4n) is 3.56. The van der Waals surface area contributed by atoms with E-state index >= 15 is 0 Å². The van der Waals surface area contributed by atoms with Crippen LogP contribution in [0.1, 0.15) is 30.4 Å². The molecule has 26 heavy (non-hydrogen) atoms. The second kappa shape index (κ2) is 7.70. The lowest BCUT2D eigenvalue weighted by molar-refractivity contribution is -0.137. The number of nitrogens with zero attached hydrogens (tertiary/aromatic N) is 1. The summed E-state index contributed by atoms with van der Waals surface area (Å²) >= 11 is 0. The van der Waals surface area contributed by atoms with Gasteiger partial charge in [-0.25, -0.2) is 0 Å². The Bertz CT molecular complexity index is 695. The molecule has 0 bridgehead atoms. The molecule has 7 heteroatoms. The monoisotopic (exact) mass is 368 g/mol. The van der Waals surface area contributed by atoms with Crippen LogP contribution in [0.15, 0.2) is 24.3 Å². The Morgan fingerprint density at radius 3 is 2.65 bits per heavy atom. The highest BCUT2D eigenvalue weighted by Gasteiger charge is 2.38. The van der Waals surface area contributed by atoms with Crippen LogP contribution in [0.4, 0.5) is 24.5 Å². The number of rotatable bonds is 4. The summed E-state index contributed by atoms with van der Waals surface area (Å²) in [4.78, 5) is 13.9. The predicted molar refractivity (Wildman–Crippen MR) is 94.3 cm³/mol. The average molecular weight is 368 g/mol. The van der Waals surface area contributed by atoms with E-state index in [9.17, 15) is 18.0 Å². The highest BCUT2D eigenvalue weighted by Crippen LogP contribution is 2.41. The molecule has 1 aromatic rings. The molecule has 0 saturated carbocycles. The van der Waals surface area contributed by atoms with Gasteiger partial charge >= 0.3 is 6.18 Å². The largest absolute Gasteiger partial charge is 0.418 e. The second-order valence-corrected chi connectivity index (χ2v) is 6.75. The lowest BCUT2D eigenvalue weighted by Crippen LogP contribution is -2.37. The summed E-state index contributed by atoms with van der Waals surface area (Å²) in [5.41, 5.74) is -0.258. The molecule has 1 amide bonds. The highest BCUT2D eigenvalue weighted by molar-refractivity contribution is 5.92. The van der Waals surface area contributed by atoms with Gasteiger partial charge in [-0.1, -0.05) is 12.2 Å². The van der Waals surface area contributed by atoms with Crippen molar-refractivity contribution in [1.82, 2.24) is 0 Å². The zero-order valence-electron chi connectivity index (χ0n) is 14.7. The van der Waals surface area contributed by atoms with Gasteiger partial charge < -0.3 is 15.0 Å². The first-order chi connectivity index (χ1) is 12.4. The molecule has 0 radical (unpaired) electrons. The Morgan fingerprint density at radius 1 is 1.31 bits per heavy atom. The van der Waals surface area contributed by atoms with Gasteiger partial charge in [-0.15, -0.1) is 0 Å². The van der Waals surface area contributed by atoms with Crippen molar-refractivity contribution >= 4 is 17.3 Å². The first kappa shape index (κ1) is 18.8. The number of hydrogen-bond donors (Lipinski definition) is 1. The molecular formula is C19H23F3N2O2. The number of alkyl halides is 3. The van der Waals surface area contributed by atoms with Crippen LogP contribution in [0.5, 0.6) is 0 Å². The van der Waals surface area contributed by atoms with Gasteiger partial charge in [-0.3, -0.25) is 4.79 Å². The van der Waals surface area contributed by atoms with Crippen LogP contribution < -0.4 is 10.2 Å². The number of amides is 1. The SMILES string of the molecule is Cc1c(NC(=O)CC2C=CCC2)ccc(N2CCOCC2)c1C(F)(F)F. The number of carbonyl (C=O) groups is 1. The third kappa shape index (κ3) is 4.20. The maximum absolute atomic E-state index is 13.7. The molecule has 2 aliphatic rings. The van der Waals surface area contributed by atoms with Gasteiger partial charge in [-0.05, 0) is 43.4 Å². The average Bonchev–Trinajstić information content (AvgIpc) is 3.09. The molecule has 0 spiro atoms. The van der Waals surface area contributed by atoms with Crippen molar-refractivity contribution in [3.05, 3.63) is 35.4 Å². The van der Waals surface area contributed by atoms with E-state index in [2.05, 4.69) is 5.32 Å². The van der Waals surface area contributed by atoms with Gasteiger partial charge in [0, 0.05) is 30.9 Å². The van der Waals surface area contributed by atoms with Crippen molar-refractivity contribution in [2.45, 2.75) is 32.4 Å². The Labute approximate surface area is 151 Å². The molecule has 1 heterocycles. The smallest absolute Gasteiger partial charge is 0.378 e. The number of benzene rings is 1. The van der Waals surface area contributed by atoms with Crippen LogP contribution in [-0.4, -0.2) is 32.2 Å². The lowest BCUT2D eigenvalue weighted by Gasteiger charge is -2.32. The maximum Gasteiger partial charge on any atom is 0.418 e. The highest BCUT2D eigenvalue weighted by atomic mass is 19.4. The van der Waals surface area contributed by atoms with Crippen LogP contribution in [0, 0.1) is 12.8 Å². The molecule has 1 aliphatic carbocycles. The zero-order chi connectivity index (χ0) is 18.7. The van der Waals surface area contributed by atoms with E-state index in [1.165, 1.54) is 13.0 Å². The molecule has 1 saturated heterocycles. The molecular weight excluding hydrogens is 345 g/mol. The second-order valence-electron chi connectivity index (χ2n) is 6.75. The van der Waals surface area contributed by atoms with Crippen LogP contribution in [-0.2, 0) is 15.7 Å². The molecule has 1 aliphatic heterocycles. The summed E-state index contributed by atoms with van der Waals surface area (Å²) in [6.07, 6.45) is 1.69. The van der Waals surface area contributed by atoms with E-state index in [-0.39, 0.29) is 28.8 Å². The Balaban J connectivity index is 1.84. The first-order valence-corrected chi connectivity index (χ1v) is 8.86. The summed E-state index contributed by atoms with van der Waals surface area (Å²) in [5.74, 6) is -0.0816. The summed E-state index contributed by atoms with van der Waals surface area (Å²) in [6.45, 7) is 3.07. The van der Waals surface area contributed by atoms with Crippen molar-refractivity contribution in [2.75, 3.05) is 36.5 Å². The quantitative estimate of drug-likeness (QED) is 0.812. The fourth-order valence-corrected chi connectivity index (χ4v) is 3.56. The minimum absolute atomic E-state index is 0.0526. The van der Waals surface area contributed by atoms with E-state index in [0.29, 0.717) is 32.7 Å². The maximum atomic E-state index is 13.7. The van der Waals surface area contributed by atoms with E-state index in [1.54, 1.807) is 11.0 Å². The van der Waals surface area contributed by atoms with Gasteiger partial charge in [0.2, 0.25) is 5.91 Å². The number of halogens is 3. The van der Waals surface area contributed by atoms with Crippen molar-refractivity contribution in [3.8, 4) is 0 Å². The van der Waals surface area contributed by atoms with Crippen molar-refractivity contribution < 1.29 is 22.7 Å². The third-order valence-corrected chi connectivity index (χ3v) is 4.91. The topological polar surface area (TPSA) is 41.6 Å². The number of morpholine rings is 1. The zero-order valence-corrected chi connectivity index (χ0v) is 14.7. The van der Waals surface area contributed by atoms with Gasteiger partial charge in [0.05, 0.1) is 18.8 Å². The first-order valence-electron chi connectivity index (χ1n) is 8.86. The fraction of sp³-hybridized carbons (Fsp3) is 0.526. The molecule has 1 unspecified atom stereocenters. The van der Waals surface area contributed by atoms with Gasteiger partial charge in [0.1, 0.15) is 0 Å². The van der Waals surface area contributed by atoms with Gasteiger partial charge in [0.15, 0.2) is 0 Å². The molecule has 1 atom stereocenters.